The van der Waals surface area contributed by atoms with Crippen LogP contribution in [-0.2, 0) is 6.42 Å². The molecule has 66 valence electrons. The van der Waals surface area contributed by atoms with E-state index in [1.807, 2.05) is 0 Å². The molecule has 1 atom stereocenters. The molecule has 0 saturated heterocycles. The third-order valence-electron chi connectivity index (χ3n) is 1.55. The Hall–Kier alpha value is -0.960. The van der Waals surface area contributed by atoms with Gasteiger partial charge < -0.3 is 5.11 Å². The molecule has 0 aromatic heterocycles. The van der Waals surface area contributed by atoms with Gasteiger partial charge in [0.2, 0.25) is 0 Å². The van der Waals surface area contributed by atoms with Crippen LogP contribution in [0, 0.1) is 11.6 Å². The fourth-order valence-electron chi connectivity index (χ4n) is 1.02. The normalized spacial score (nSPS) is 13.0. The van der Waals surface area contributed by atoms with Crippen LogP contribution in [0.1, 0.15) is 12.5 Å². The molecule has 0 fully saturated rings. The zero-order valence-electron chi connectivity index (χ0n) is 6.72. The highest BCUT2D eigenvalue weighted by molar-refractivity contribution is 5.19. The quantitative estimate of drug-likeness (QED) is 0.722. The van der Waals surface area contributed by atoms with E-state index < -0.39 is 17.7 Å². The van der Waals surface area contributed by atoms with E-state index in [4.69, 9.17) is 5.11 Å². The van der Waals surface area contributed by atoms with Crippen molar-refractivity contribution < 1.29 is 13.9 Å². The number of benzene rings is 1. The van der Waals surface area contributed by atoms with Gasteiger partial charge in [0.1, 0.15) is 0 Å². The highest BCUT2D eigenvalue weighted by atomic mass is 19.2. The minimum absolute atomic E-state index is 0.142. The standard InChI is InChI=1S/C9H10F2O/c1-6(12)5-7-3-2-4-8(10)9(7)11/h2-4,6,12H,5H2,1H3. The summed E-state index contributed by atoms with van der Waals surface area (Å²) in [6.07, 6.45) is -0.509. The van der Waals surface area contributed by atoms with Crippen molar-refractivity contribution in [3.05, 3.63) is 35.4 Å². The molecule has 3 heteroatoms. The first-order valence-corrected chi connectivity index (χ1v) is 3.72. The molecule has 0 saturated carbocycles. The number of aliphatic hydroxyl groups excluding tert-OH is 1. The summed E-state index contributed by atoms with van der Waals surface area (Å²) in [4.78, 5) is 0. The van der Waals surface area contributed by atoms with Crippen LogP contribution in [0.25, 0.3) is 0 Å². The monoisotopic (exact) mass is 172 g/mol. The third kappa shape index (κ3) is 2.01. The zero-order chi connectivity index (χ0) is 9.14. The molecule has 12 heavy (non-hydrogen) atoms. The van der Waals surface area contributed by atoms with E-state index in [-0.39, 0.29) is 12.0 Å². The molecule has 0 aliphatic rings. The summed E-state index contributed by atoms with van der Waals surface area (Å²) in [5.74, 6) is -1.73. The summed E-state index contributed by atoms with van der Waals surface area (Å²) in [5, 5.41) is 8.93. The number of aliphatic hydroxyl groups is 1. The van der Waals surface area contributed by atoms with Gasteiger partial charge in [0.05, 0.1) is 6.10 Å². The molecule has 0 aliphatic carbocycles. The second-order valence-corrected chi connectivity index (χ2v) is 2.77. The van der Waals surface area contributed by atoms with E-state index >= 15 is 0 Å². The molecule has 1 aromatic rings. The molecule has 1 nitrogen and oxygen atoms in total. The lowest BCUT2D eigenvalue weighted by atomic mass is 10.1. The Morgan fingerprint density at radius 2 is 2.08 bits per heavy atom. The van der Waals surface area contributed by atoms with Gasteiger partial charge in [-0.2, -0.15) is 0 Å². The first-order valence-electron chi connectivity index (χ1n) is 3.72. The van der Waals surface area contributed by atoms with Crippen LogP contribution in [0.15, 0.2) is 18.2 Å². The molecule has 0 bridgehead atoms. The first-order chi connectivity index (χ1) is 5.61. The minimum Gasteiger partial charge on any atom is -0.393 e. The SMILES string of the molecule is CC(O)Cc1cccc(F)c1F. The van der Waals surface area contributed by atoms with E-state index in [9.17, 15) is 8.78 Å². The maximum absolute atomic E-state index is 12.9. The predicted octanol–water partition coefficient (Wildman–Crippen LogP) is 1.89. The van der Waals surface area contributed by atoms with Crippen LogP contribution in [0.4, 0.5) is 8.78 Å². The van der Waals surface area contributed by atoms with Crippen molar-refractivity contribution in [2.75, 3.05) is 0 Å². The summed E-state index contributed by atoms with van der Waals surface area (Å²) in [7, 11) is 0. The molecule has 0 heterocycles. The van der Waals surface area contributed by atoms with Gasteiger partial charge in [0.15, 0.2) is 11.6 Å². The molecule has 0 aliphatic heterocycles. The van der Waals surface area contributed by atoms with Crippen molar-refractivity contribution >= 4 is 0 Å². The maximum Gasteiger partial charge on any atom is 0.162 e. The van der Waals surface area contributed by atoms with Gasteiger partial charge in [-0.1, -0.05) is 12.1 Å². The Kier molecular flexibility index (Phi) is 2.76. The molecule has 1 rings (SSSR count). The Morgan fingerprint density at radius 1 is 1.42 bits per heavy atom. The maximum atomic E-state index is 12.9. The summed E-state index contributed by atoms with van der Waals surface area (Å²) < 4.78 is 25.4. The Labute approximate surface area is 69.7 Å². The van der Waals surface area contributed by atoms with Gasteiger partial charge >= 0.3 is 0 Å². The highest BCUT2D eigenvalue weighted by Gasteiger charge is 2.08. The van der Waals surface area contributed by atoms with Crippen LogP contribution >= 0.6 is 0 Å². The van der Waals surface area contributed by atoms with Crippen LogP contribution in [0.2, 0.25) is 0 Å². The van der Waals surface area contributed by atoms with Gasteiger partial charge in [-0.15, -0.1) is 0 Å². The summed E-state index contributed by atoms with van der Waals surface area (Å²) in [6, 6.07) is 3.95. The molecule has 1 N–H and O–H groups in total. The van der Waals surface area contributed by atoms with Crippen LogP contribution in [-0.4, -0.2) is 11.2 Å². The van der Waals surface area contributed by atoms with Gasteiger partial charge in [0.25, 0.3) is 0 Å². The molecule has 1 aromatic carbocycles. The minimum atomic E-state index is -0.867. The van der Waals surface area contributed by atoms with Crippen LogP contribution in [0.5, 0.6) is 0 Å². The summed E-state index contributed by atoms with van der Waals surface area (Å²) in [5.41, 5.74) is 0.213. The van der Waals surface area contributed by atoms with E-state index in [2.05, 4.69) is 0 Å². The largest absolute Gasteiger partial charge is 0.393 e. The van der Waals surface area contributed by atoms with Gasteiger partial charge in [-0.05, 0) is 18.6 Å². The van der Waals surface area contributed by atoms with Crippen molar-refractivity contribution in [1.29, 1.82) is 0 Å². The van der Waals surface area contributed by atoms with Crippen LogP contribution < -0.4 is 0 Å². The van der Waals surface area contributed by atoms with Crippen molar-refractivity contribution in [3.63, 3.8) is 0 Å². The third-order valence-corrected chi connectivity index (χ3v) is 1.55. The van der Waals surface area contributed by atoms with Gasteiger partial charge in [0, 0.05) is 6.42 Å². The molecule has 0 amide bonds. The summed E-state index contributed by atoms with van der Waals surface area (Å²) >= 11 is 0. The van der Waals surface area contributed by atoms with E-state index in [0.717, 1.165) is 6.07 Å². The highest BCUT2D eigenvalue weighted by Crippen LogP contribution is 2.12. The number of hydrogen-bond acceptors (Lipinski definition) is 1. The average Bonchev–Trinajstić information content (AvgIpc) is 1.98. The van der Waals surface area contributed by atoms with Crippen LogP contribution in [0.3, 0.4) is 0 Å². The topological polar surface area (TPSA) is 20.2 Å². The zero-order valence-corrected chi connectivity index (χ0v) is 6.72. The average molecular weight is 172 g/mol. The van der Waals surface area contributed by atoms with E-state index in [1.54, 1.807) is 0 Å². The summed E-state index contributed by atoms with van der Waals surface area (Å²) in [6.45, 7) is 1.53. The number of rotatable bonds is 2. The predicted molar refractivity (Wildman–Crippen MR) is 41.7 cm³/mol. The van der Waals surface area contributed by atoms with E-state index in [1.165, 1.54) is 19.1 Å². The van der Waals surface area contributed by atoms with Crippen molar-refractivity contribution in [2.45, 2.75) is 19.4 Å². The van der Waals surface area contributed by atoms with Crippen molar-refractivity contribution in [2.24, 2.45) is 0 Å². The van der Waals surface area contributed by atoms with E-state index in [0.29, 0.717) is 0 Å². The lowest BCUT2D eigenvalue weighted by Crippen LogP contribution is -2.06. The van der Waals surface area contributed by atoms with Gasteiger partial charge in [-0.3, -0.25) is 0 Å². The van der Waals surface area contributed by atoms with Gasteiger partial charge in [-0.25, -0.2) is 8.78 Å². The number of halogens is 2. The molecular weight excluding hydrogens is 162 g/mol. The van der Waals surface area contributed by atoms with Crippen molar-refractivity contribution in [1.82, 2.24) is 0 Å². The fourth-order valence-corrected chi connectivity index (χ4v) is 1.02. The number of hydrogen-bond donors (Lipinski definition) is 1. The van der Waals surface area contributed by atoms with Crippen molar-refractivity contribution in [3.8, 4) is 0 Å². The Morgan fingerprint density at radius 3 is 2.67 bits per heavy atom. The molecular formula is C9H10F2O. The molecule has 0 spiro atoms. The lowest BCUT2D eigenvalue weighted by molar-refractivity contribution is 0.194. The Balaban J connectivity index is 2.92. The lowest BCUT2D eigenvalue weighted by Gasteiger charge is -2.05. The second kappa shape index (κ2) is 3.63. The Bertz CT molecular complexity index is 271. The smallest absolute Gasteiger partial charge is 0.162 e. The molecule has 1 unspecified atom stereocenters. The first kappa shape index (κ1) is 9.13. The fraction of sp³-hybridized carbons (Fsp3) is 0.333. The molecule has 0 radical (unpaired) electrons. The second-order valence-electron chi connectivity index (χ2n) is 2.77.